The number of likely N-dealkylation sites (tertiary alicyclic amines) is 1. The first-order chi connectivity index (χ1) is 15.4. The number of ether oxygens (including phenoxy) is 2. The van der Waals surface area contributed by atoms with Crippen molar-refractivity contribution < 1.29 is 24.2 Å². The van der Waals surface area contributed by atoms with Crippen LogP contribution in [0.25, 0.3) is 5.76 Å². The smallest absolute Gasteiger partial charge is 0.295 e. The van der Waals surface area contributed by atoms with Crippen LogP contribution in [-0.4, -0.2) is 67.5 Å². The van der Waals surface area contributed by atoms with E-state index in [1.807, 2.05) is 50.2 Å². The Balaban J connectivity index is 2.05. The molecule has 1 heterocycles. The van der Waals surface area contributed by atoms with Gasteiger partial charge in [-0.1, -0.05) is 12.1 Å². The van der Waals surface area contributed by atoms with Gasteiger partial charge in [-0.3, -0.25) is 9.59 Å². The van der Waals surface area contributed by atoms with E-state index in [1.165, 1.54) is 0 Å². The highest BCUT2D eigenvalue weighted by Crippen LogP contribution is 2.40. The van der Waals surface area contributed by atoms with Crippen molar-refractivity contribution in [2.45, 2.75) is 19.4 Å². The highest BCUT2D eigenvalue weighted by Gasteiger charge is 2.45. The molecular formula is C25H30N2O5. The lowest BCUT2D eigenvalue weighted by atomic mass is 9.95. The van der Waals surface area contributed by atoms with Crippen LogP contribution in [0.3, 0.4) is 0 Å². The largest absolute Gasteiger partial charge is 0.507 e. The molecule has 2 aromatic rings. The quantitative estimate of drug-likeness (QED) is 0.367. The normalized spacial score (nSPS) is 17.8. The van der Waals surface area contributed by atoms with E-state index in [9.17, 15) is 14.7 Å². The molecule has 1 atom stereocenters. The number of aliphatic hydroxyl groups is 1. The molecule has 0 aromatic heterocycles. The van der Waals surface area contributed by atoms with Crippen LogP contribution in [0.5, 0.6) is 11.5 Å². The standard InChI is InChI=1S/C25H30N2O5/c1-5-32-20-13-7-17(8-14-20)22-21(23(28)18-9-11-19(31-4)12-10-18)24(29)25(30)27(22)16-6-15-26(2)3/h7-14,22,28H,5-6,15-16H2,1-4H3/b23-21+/t22-/m1/s1. The molecule has 0 bridgehead atoms. The van der Waals surface area contributed by atoms with E-state index in [0.717, 1.165) is 12.1 Å². The predicted octanol–water partition coefficient (Wildman–Crippen LogP) is 3.47. The predicted molar refractivity (Wildman–Crippen MR) is 123 cm³/mol. The van der Waals surface area contributed by atoms with Crippen molar-refractivity contribution in [1.29, 1.82) is 0 Å². The van der Waals surface area contributed by atoms with E-state index in [4.69, 9.17) is 9.47 Å². The fourth-order valence-corrected chi connectivity index (χ4v) is 3.83. The van der Waals surface area contributed by atoms with Gasteiger partial charge in [0.15, 0.2) is 0 Å². The molecule has 1 fully saturated rings. The molecule has 1 saturated heterocycles. The highest BCUT2D eigenvalue weighted by molar-refractivity contribution is 6.46. The molecule has 7 nitrogen and oxygen atoms in total. The second-order valence-electron chi connectivity index (χ2n) is 7.88. The number of ketones is 1. The molecule has 0 spiro atoms. The van der Waals surface area contributed by atoms with Crippen molar-refractivity contribution in [1.82, 2.24) is 9.80 Å². The van der Waals surface area contributed by atoms with Gasteiger partial charge in [-0.05, 0) is 75.9 Å². The van der Waals surface area contributed by atoms with Gasteiger partial charge in [-0.25, -0.2) is 0 Å². The van der Waals surface area contributed by atoms with E-state index in [0.29, 0.717) is 36.6 Å². The molecule has 0 aliphatic carbocycles. The van der Waals surface area contributed by atoms with Crippen LogP contribution >= 0.6 is 0 Å². The van der Waals surface area contributed by atoms with Gasteiger partial charge in [-0.2, -0.15) is 0 Å². The maximum absolute atomic E-state index is 13.0. The molecule has 3 rings (SSSR count). The fraction of sp³-hybridized carbons (Fsp3) is 0.360. The third kappa shape index (κ3) is 4.94. The number of hydrogen-bond donors (Lipinski definition) is 1. The van der Waals surface area contributed by atoms with Gasteiger partial charge in [0, 0.05) is 12.1 Å². The summed E-state index contributed by atoms with van der Waals surface area (Å²) < 4.78 is 10.7. The molecule has 2 aromatic carbocycles. The summed E-state index contributed by atoms with van der Waals surface area (Å²) >= 11 is 0. The van der Waals surface area contributed by atoms with Crippen molar-refractivity contribution in [2.75, 3.05) is 40.9 Å². The van der Waals surface area contributed by atoms with Gasteiger partial charge in [0.2, 0.25) is 0 Å². The van der Waals surface area contributed by atoms with Crippen LogP contribution in [0.1, 0.15) is 30.5 Å². The number of carbonyl (C=O) groups excluding carboxylic acids is 2. The van der Waals surface area contributed by atoms with Crippen molar-refractivity contribution in [3.05, 3.63) is 65.2 Å². The average molecular weight is 439 g/mol. The summed E-state index contributed by atoms with van der Waals surface area (Å²) in [5.74, 6) is -0.135. The van der Waals surface area contributed by atoms with Crippen LogP contribution in [0.4, 0.5) is 0 Å². The highest BCUT2D eigenvalue weighted by atomic mass is 16.5. The molecule has 0 unspecified atom stereocenters. The topological polar surface area (TPSA) is 79.3 Å². The van der Waals surface area contributed by atoms with Gasteiger partial charge < -0.3 is 24.4 Å². The van der Waals surface area contributed by atoms with E-state index in [-0.39, 0.29) is 11.3 Å². The molecule has 32 heavy (non-hydrogen) atoms. The Morgan fingerprint density at radius 1 is 1.03 bits per heavy atom. The fourth-order valence-electron chi connectivity index (χ4n) is 3.83. The number of aliphatic hydroxyl groups excluding tert-OH is 1. The molecule has 1 N–H and O–H groups in total. The number of rotatable bonds is 9. The first-order valence-corrected chi connectivity index (χ1v) is 10.7. The summed E-state index contributed by atoms with van der Waals surface area (Å²) in [5, 5.41) is 11.1. The van der Waals surface area contributed by atoms with E-state index < -0.39 is 17.7 Å². The van der Waals surface area contributed by atoms with Crippen molar-refractivity contribution in [3.63, 3.8) is 0 Å². The molecule has 170 valence electrons. The second kappa shape index (κ2) is 10.3. The molecule has 1 amide bonds. The number of Topliss-reactive ketones (excluding diaryl/α,β-unsaturated/α-hetero) is 1. The Bertz CT molecular complexity index is 980. The number of hydrogen-bond acceptors (Lipinski definition) is 6. The van der Waals surface area contributed by atoms with Crippen molar-refractivity contribution in [3.8, 4) is 11.5 Å². The van der Waals surface area contributed by atoms with Crippen LogP contribution in [-0.2, 0) is 9.59 Å². The maximum atomic E-state index is 13.0. The van der Waals surface area contributed by atoms with Crippen LogP contribution < -0.4 is 9.47 Å². The summed E-state index contributed by atoms with van der Waals surface area (Å²) in [6.45, 7) is 3.62. The molecule has 0 saturated carbocycles. The zero-order chi connectivity index (χ0) is 23.3. The molecule has 0 radical (unpaired) electrons. The molecule has 7 heteroatoms. The SMILES string of the molecule is CCOc1ccc([C@@H]2/C(=C(\O)c3ccc(OC)cc3)C(=O)C(=O)N2CCCN(C)C)cc1. The lowest BCUT2D eigenvalue weighted by Gasteiger charge is -2.26. The monoisotopic (exact) mass is 438 g/mol. The summed E-state index contributed by atoms with van der Waals surface area (Å²) in [6, 6.07) is 13.4. The Hall–Kier alpha value is -3.32. The first kappa shape index (κ1) is 23.3. The maximum Gasteiger partial charge on any atom is 0.295 e. The van der Waals surface area contributed by atoms with Gasteiger partial charge in [-0.15, -0.1) is 0 Å². The van der Waals surface area contributed by atoms with Gasteiger partial charge in [0.05, 0.1) is 25.3 Å². The summed E-state index contributed by atoms with van der Waals surface area (Å²) in [6.07, 6.45) is 0.704. The summed E-state index contributed by atoms with van der Waals surface area (Å²) in [4.78, 5) is 29.6. The third-order valence-electron chi connectivity index (χ3n) is 5.41. The zero-order valence-electron chi connectivity index (χ0n) is 19.0. The summed E-state index contributed by atoms with van der Waals surface area (Å²) in [5.41, 5.74) is 1.29. The van der Waals surface area contributed by atoms with E-state index >= 15 is 0 Å². The molecular weight excluding hydrogens is 408 g/mol. The molecule has 1 aliphatic heterocycles. The number of methoxy groups -OCH3 is 1. The Morgan fingerprint density at radius 2 is 1.66 bits per heavy atom. The number of amides is 1. The van der Waals surface area contributed by atoms with Gasteiger partial charge >= 0.3 is 0 Å². The minimum absolute atomic E-state index is 0.0918. The third-order valence-corrected chi connectivity index (χ3v) is 5.41. The number of nitrogens with zero attached hydrogens (tertiary/aromatic N) is 2. The minimum Gasteiger partial charge on any atom is -0.507 e. The molecule has 1 aliphatic rings. The van der Waals surface area contributed by atoms with Crippen molar-refractivity contribution in [2.24, 2.45) is 0 Å². The lowest BCUT2D eigenvalue weighted by Crippen LogP contribution is -2.32. The van der Waals surface area contributed by atoms with Crippen LogP contribution in [0, 0.1) is 0 Å². The first-order valence-electron chi connectivity index (χ1n) is 10.7. The Morgan fingerprint density at radius 3 is 2.22 bits per heavy atom. The lowest BCUT2D eigenvalue weighted by molar-refractivity contribution is -0.139. The number of carbonyl (C=O) groups is 2. The van der Waals surface area contributed by atoms with E-state index in [2.05, 4.69) is 0 Å². The van der Waals surface area contributed by atoms with Crippen LogP contribution in [0.2, 0.25) is 0 Å². The zero-order valence-corrected chi connectivity index (χ0v) is 19.0. The Kier molecular flexibility index (Phi) is 7.53. The average Bonchev–Trinajstić information content (AvgIpc) is 3.04. The Labute approximate surface area is 188 Å². The summed E-state index contributed by atoms with van der Waals surface area (Å²) in [7, 11) is 5.48. The number of benzene rings is 2. The van der Waals surface area contributed by atoms with Gasteiger partial charge in [0.25, 0.3) is 11.7 Å². The van der Waals surface area contributed by atoms with Gasteiger partial charge in [0.1, 0.15) is 17.3 Å². The minimum atomic E-state index is -0.679. The van der Waals surface area contributed by atoms with E-state index in [1.54, 1.807) is 36.3 Å². The second-order valence-corrected chi connectivity index (χ2v) is 7.88. The van der Waals surface area contributed by atoms with Crippen molar-refractivity contribution >= 4 is 17.4 Å². The van der Waals surface area contributed by atoms with Crippen LogP contribution in [0.15, 0.2) is 54.1 Å².